The van der Waals surface area contributed by atoms with Crippen molar-refractivity contribution in [1.29, 1.82) is 0 Å². The van der Waals surface area contributed by atoms with Crippen LogP contribution in [-0.2, 0) is 16.1 Å². The van der Waals surface area contributed by atoms with E-state index in [4.69, 9.17) is 9.47 Å². The van der Waals surface area contributed by atoms with Crippen molar-refractivity contribution in [3.05, 3.63) is 59.9 Å². The molecule has 2 aromatic rings. The van der Waals surface area contributed by atoms with Crippen LogP contribution in [0.25, 0.3) is 0 Å². The molecule has 0 saturated heterocycles. The highest BCUT2D eigenvalue weighted by Crippen LogP contribution is 2.18. The number of ether oxygens (including phenoxy) is 2. The molecule has 0 aliphatic carbocycles. The predicted octanol–water partition coefficient (Wildman–Crippen LogP) is 3.55. The summed E-state index contributed by atoms with van der Waals surface area (Å²) < 4.78 is 24.4. The number of hydrogen-bond donors (Lipinski definition) is 1. The fourth-order valence-electron chi connectivity index (χ4n) is 2.81. The number of carbonyl (C=O) groups excluding carboxylic acids is 2. The van der Waals surface area contributed by atoms with Crippen LogP contribution in [0.2, 0.25) is 0 Å². The van der Waals surface area contributed by atoms with Crippen molar-refractivity contribution < 1.29 is 23.5 Å². The van der Waals surface area contributed by atoms with Crippen molar-refractivity contribution in [3.8, 4) is 11.5 Å². The zero-order valence-electron chi connectivity index (χ0n) is 18.1. The van der Waals surface area contributed by atoms with E-state index in [0.717, 1.165) is 5.56 Å². The Morgan fingerprint density at radius 1 is 1.13 bits per heavy atom. The lowest BCUT2D eigenvalue weighted by Gasteiger charge is -2.31. The van der Waals surface area contributed by atoms with Gasteiger partial charge in [0.1, 0.15) is 11.8 Å². The maximum absolute atomic E-state index is 13.8. The smallest absolute Gasteiger partial charge is 0.261 e. The highest BCUT2D eigenvalue weighted by Gasteiger charge is 2.29. The first kappa shape index (κ1) is 23.2. The molecule has 162 valence electrons. The Balaban J connectivity index is 2.21. The quantitative estimate of drug-likeness (QED) is 0.715. The molecule has 2 rings (SSSR count). The van der Waals surface area contributed by atoms with Crippen LogP contribution >= 0.6 is 0 Å². The first-order valence-electron chi connectivity index (χ1n) is 9.72. The lowest BCUT2D eigenvalue weighted by Crippen LogP contribution is -2.53. The molecule has 0 bridgehead atoms. The number of carbonyl (C=O) groups is 2. The number of rotatable bonds is 8. The third-order valence-electron chi connectivity index (χ3n) is 4.34. The van der Waals surface area contributed by atoms with Crippen molar-refractivity contribution in [3.63, 3.8) is 0 Å². The van der Waals surface area contributed by atoms with E-state index in [1.807, 2.05) is 32.9 Å². The standard InChI is InChI=1S/C23H29FN2O4/c1-16(22(28)25-23(2,3)4)26(14-17-9-8-10-18(13-17)29-5)21(27)15-30-20-12-7-6-11-19(20)24/h6-13,16H,14-15H2,1-5H3,(H,25,28)/t16-/m0/s1. The fourth-order valence-corrected chi connectivity index (χ4v) is 2.81. The second-order valence-electron chi connectivity index (χ2n) is 8.01. The summed E-state index contributed by atoms with van der Waals surface area (Å²) in [4.78, 5) is 27.1. The molecule has 0 spiro atoms. The van der Waals surface area contributed by atoms with Gasteiger partial charge < -0.3 is 19.7 Å². The number of para-hydroxylation sites is 1. The van der Waals surface area contributed by atoms with Gasteiger partial charge in [0.25, 0.3) is 5.91 Å². The summed E-state index contributed by atoms with van der Waals surface area (Å²) in [6.45, 7) is 7.04. The molecule has 0 unspecified atom stereocenters. The van der Waals surface area contributed by atoms with Gasteiger partial charge in [-0.15, -0.1) is 0 Å². The zero-order valence-corrected chi connectivity index (χ0v) is 18.1. The van der Waals surface area contributed by atoms with Crippen LogP contribution in [0.5, 0.6) is 11.5 Å². The number of hydrogen-bond acceptors (Lipinski definition) is 4. The van der Waals surface area contributed by atoms with Gasteiger partial charge in [-0.3, -0.25) is 9.59 Å². The topological polar surface area (TPSA) is 67.9 Å². The van der Waals surface area contributed by atoms with Crippen molar-refractivity contribution in [2.45, 2.75) is 45.8 Å². The normalized spacial score (nSPS) is 12.1. The predicted molar refractivity (Wildman–Crippen MR) is 113 cm³/mol. The number of methoxy groups -OCH3 is 1. The monoisotopic (exact) mass is 416 g/mol. The molecule has 0 saturated carbocycles. The first-order chi connectivity index (χ1) is 14.1. The van der Waals surface area contributed by atoms with Crippen molar-refractivity contribution in [1.82, 2.24) is 10.2 Å². The van der Waals surface area contributed by atoms with E-state index in [0.29, 0.717) is 5.75 Å². The SMILES string of the molecule is COc1cccc(CN(C(=O)COc2ccccc2F)[C@@H](C)C(=O)NC(C)(C)C)c1. The van der Waals surface area contributed by atoms with E-state index < -0.39 is 29.9 Å². The minimum absolute atomic E-state index is 0.0148. The average Bonchev–Trinajstić information content (AvgIpc) is 2.69. The second kappa shape index (κ2) is 10.1. The van der Waals surface area contributed by atoms with Gasteiger partial charge in [0.2, 0.25) is 5.91 Å². The summed E-state index contributed by atoms with van der Waals surface area (Å²) in [5, 5.41) is 2.89. The molecule has 30 heavy (non-hydrogen) atoms. The summed E-state index contributed by atoms with van der Waals surface area (Å²) in [5.74, 6) is -0.640. The van der Waals surface area contributed by atoms with Crippen LogP contribution in [0.1, 0.15) is 33.3 Å². The molecule has 0 aliphatic rings. The highest BCUT2D eigenvalue weighted by atomic mass is 19.1. The Kier molecular flexibility index (Phi) is 7.80. The van der Waals surface area contributed by atoms with E-state index in [1.54, 1.807) is 32.2 Å². The molecule has 0 heterocycles. The molecule has 0 aliphatic heterocycles. The van der Waals surface area contributed by atoms with Crippen LogP contribution in [0.3, 0.4) is 0 Å². The Bertz CT molecular complexity index is 880. The molecular formula is C23H29FN2O4. The number of nitrogens with one attached hydrogen (secondary N) is 1. The van der Waals surface area contributed by atoms with Crippen LogP contribution in [0, 0.1) is 5.82 Å². The van der Waals surface area contributed by atoms with Crippen molar-refractivity contribution >= 4 is 11.8 Å². The van der Waals surface area contributed by atoms with Gasteiger partial charge in [0.05, 0.1) is 7.11 Å². The maximum Gasteiger partial charge on any atom is 0.261 e. The lowest BCUT2D eigenvalue weighted by atomic mass is 10.1. The molecule has 7 heteroatoms. The van der Waals surface area contributed by atoms with Gasteiger partial charge in [-0.25, -0.2) is 4.39 Å². The Labute approximate surface area is 177 Å². The van der Waals surface area contributed by atoms with E-state index in [1.165, 1.54) is 23.1 Å². The number of benzene rings is 2. The van der Waals surface area contributed by atoms with Crippen molar-refractivity contribution in [2.24, 2.45) is 0 Å². The summed E-state index contributed by atoms with van der Waals surface area (Å²) in [6.07, 6.45) is 0. The van der Waals surface area contributed by atoms with Gasteiger partial charge in [-0.1, -0.05) is 24.3 Å². The molecule has 0 radical (unpaired) electrons. The van der Waals surface area contributed by atoms with Crippen LogP contribution < -0.4 is 14.8 Å². The van der Waals surface area contributed by atoms with Crippen LogP contribution in [0.15, 0.2) is 48.5 Å². The minimum Gasteiger partial charge on any atom is -0.497 e. The van der Waals surface area contributed by atoms with Gasteiger partial charge in [0.15, 0.2) is 18.2 Å². The van der Waals surface area contributed by atoms with Gasteiger partial charge in [0, 0.05) is 12.1 Å². The summed E-state index contributed by atoms with van der Waals surface area (Å²) in [5.41, 5.74) is 0.351. The van der Waals surface area contributed by atoms with E-state index in [2.05, 4.69) is 5.32 Å². The number of amides is 2. The third-order valence-corrected chi connectivity index (χ3v) is 4.34. The molecule has 1 atom stereocenters. The fraction of sp³-hybridized carbons (Fsp3) is 0.391. The third kappa shape index (κ3) is 6.76. The molecule has 2 amide bonds. The Hall–Kier alpha value is -3.09. The average molecular weight is 416 g/mol. The van der Waals surface area contributed by atoms with Gasteiger partial charge in [-0.05, 0) is 57.5 Å². The lowest BCUT2D eigenvalue weighted by molar-refractivity contribution is -0.142. The maximum atomic E-state index is 13.8. The Morgan fingerprint density at radius 2 is 1.83 bits per heavy atom. The minimum atomic E-state index is -0.757. The van der Waals surface area contributed by atoms with Crippen LogP contribution in [0.4, 0.5) is 4.39 Å². The molecule has 2 aromatic carbocycles. The largest absolute Gasteiger partial charge is 0.497 e. The highest BCUT2D eigenvalue weighted by molar-refractivity contribution is 5.88. The molecular weight excluding hydrogens is 387 g/mol. The van der Waals surface area contributed by atoms with E-state index in [-0.39, 0.29) is 18.2 Å². The van der Waals surface area contributed by atoms with Gasteiger partial charge in [-0.2, -0.15) is 0 Å². The van der Waals surface area contributed by atoms with Gasteiger partial charge >= 0.3 is 0 Å². The summed E-state index contributed by atoms with van der Waals surface area (Å²) in [7, 11) is 1.56. The number of halogens is 1. The number of nitrogens with zero attached hydrogens (tertiary/aromatic N) is 1. The molecule has 0 fully saturated rings. The molecule has 0 aromatic heterocycles. The van der Waals surface area contributed by atoms with E-state index >= 15 is 0 Å². The summed E-state index contributed by atoms with van der Waals surface area (Å²) in [6, 6.07) is 12.4. The van der Waals surface area contributed by atoms with E-state index in [9.17, 15) is 14.0 Å². The second-order valence-corrected chi connectivity index (χ2v) is 8.01. The Morgan fingerprint density at radius 3 is 2.47 bits per heavy atom. The summed E-state index contributed by atoms with van der Waals surface area (Å²) >= 11 is 0. The van der Waals surface area contributed by atoms with Crippen LogP contribution in [-0.4, -0.2) is 42.0 Å². The van der Waals surface area contributed by atoms with Crippen molar-refractivity contribution in [2.75, 3.05) is 13.7 Å². The molecule has 6 nitrogen and oxygen atoms in total. The zero-order chi connectivity index (χ0) is 22.3. The first-order valence-corrected chi connectivity index (χ1v) is 9.72. The molecule has 1 N–H and O–H groups in total.